The van der Waals surface area contributed by atoms with Gasteiger partial charge in [0.2, 0.25) is 5.91 Å². The van der Waals surface area contributed by atoms with E-state index in [0.29, 0.717) is 6.42 Å². The van der Waals surface area contributed by atoms with Crippen LogP contribution in [0.4, 0.5) is 5.69 Å². The summed E-state index contributed by atoms with van der Waals surface area (Å²) in [5.41, 5.74) is 5.39. The molecule has 33 heavy (non-hydrogen) atoms. The van der Waals surface area contributed by atoms with Crippen LogP contribution in [0.15, 0.2) is 59.1 Å². The molecule has 0 radical (unpaired) electrons. The maximum atomic E-state index is 13.5. The quantitative estimate of drug-likeness (QED) is 0.414. The first kappa shape index (κ1) is 23.4. The van der Waals surface area contributed by atoms with Gasteiger partial charge in [0.25, 0.3) is 0 Å². The standard InChI is InChI=1S/C27H30BrN3O2/c1-19-25-13-6-7-14-26(25)31(29-19)18-24(32)17-21(15-20-9-8-10-22(28)16-20)27(33)30(2)23-11-4-3-5-12-23/h3-5,8-12,16,21H,6-7,13-15,17-18H2,1-2H3/t21-/m1/s1. The van der Waals surface area contributed by atoms with Gasteiger partial charge in [0.1, 0.15) is 0 Å². The molecule has 1 heterocycles. The summed E-state index contributed by atoms with van der Waals surface area (Å²) in [4.78, 5) is 28.4. The summed E-state index contributed by atoms with van der Waals surface area (Å²) >= 11 is 3.51. The summed E-state index contributed by atoms with van der Waals surface area (Å²) in [7, 11) is 1.78. The molecule has 4 rings (SSSR count). The van der Waals surface area contributed by atoms with Gasteiger partial charge in [0, 0.05) is 35.2 Å². The average molecular weight is 508 g/mol. The van der Waals surface area contributed by atoms with Crippen LogP contribution in [-0.2, 0) is 35.4 Å². The Morgan fingerprint density at radius 2 is 1.85 bits per heavy atom. The molecule has 3 aromatic rings. The molecule has 1 aliphatic carbocycles. The number of carbonyl (C=O) groups excluding carboxylic acids is 2. The third kappa shape index (κ3) is 5.61. The Morgan fingerprint density at radius 3 is 2.61 bits per heavy atom. The molecule has 2 aromatic carbocycles. The van der Waals surface area contributed by atoms with Gasteiger partial charge in [-0.05, 0) is 74.4 Å². The van der Waals surface area contributed by atoms with Crippen LogP contribution in [0.3, 0.4) is 0 Å². The lowest BCUT2D eigenvalue weighted by molar-refractivity contribution is -0.127. The van der Waals surface area contributed by atoms with Crippen molar-refractivity contribution in [2.45, 2.75) is 52.0 Å². The topological polar surface area (TPSA) is 55.2 Å². The fourth-order valence-corrected chi connectivity index (χ4v) is 5.20. The van der Waals surface area contributed by atoms with Gasteiger partial charge in [0.15, 0.2) is 5.78 Å². The van der Waals surface area contributed by atoms with Crippen LogP contribution in [0, 0.1) is 12.8 Å². The highest BCUT2D eigenvalue weighted by Gasteiger charge is 2.27. The van der Waals surface area contributed by atoms with Crippen molar-refractivity contribution in [1.82, 2.24) is 9.78 Å². The molecule has 1 aromatic heterocycles. The van der Waals surface area contributed by atoms with Crippen LogP contribution in [-0.4, -0.2) is 28.5 Å². The number of halogens is 1. The monoisotopic (exact) mass is 507 g/mol. The number of ketones is 1. The van der Waals surface area contributed by atoms with Gasteiger partial charge in [0.05, 0.1) is 12.2 Å². The van der Waals surface area contributed by atoms with E-state index in [0.717, 1.165) is 40.7 Å². The first-order valence-corrected chi connectivity index (χ1v) is 12.4. The summed E-state index contributed by atoms with van der Waals surface area (Å²) < 4.78 is 2.85. The minimum absolute atomic E-state index is 0.0423. The molecule has 0 bridgehead atoms. The van der Waals surface area contributed by atoms with E-state index in [1.807, 2.05) is 66.2 Å². The highest BCUT2D eigenvalue weighted by molar-refractivity contribution is 9.10. The van der Waals surface area contributed by atoms with Crippen LogP contribution >= 0.6 is 15.9 Å². The highest BCUT2D eigenvalue weighted by Crippen LogP contribution is 2.25. The summed E-state index contributed by atoms with van der Waals surface area (Å²) in [5, 5.41) is 4.66. The second kappa shape index (κ2) is 10.5. The lowest BCUT2D eigenvalue weighted by atomic mass is 9.92. The zero-order valence-corrected chi connectivity index (χ0v) is 20.8. The molecule has 172 valence electrons. The Morgan fingerprint density at radius 1 is 1.09 bits per heavy atom. The second-order valence-electron chi connectivity index (χ2n) is 8.88. The molecule has 1 atom stereocenters. The molecule has 0 fully saturated rings. The molecular formula is C27H30BrN3O2. The molecule has 5 nitrogen and oxygen atoms in total. The van der Waals surface area contributed by atoms with E-state index in [1.165, 1.54) is 17.7 Å². The predicted molar refractivity (Wildman–Crippen MR) is 134 cm³/mol. The first-order valence-electron chi connectivity index (χ1n) is 11.6. The van der Waals surface area contributed by atoms with E-state index in [4.69, 9.17) is 0 Å². The van der Waals surface area contributed by atoms with E-state index >= 15 is 0 Å². The van der Waals surface area contributed by atoms with Crippen molar-refractivity contribution >= 4 is 33.3 Å². The molecule has 6 heteroatoms. The first-order chi connectivity index (χ1) is 15.9. The molecule has 0 saturated heterocycles. The number of aryl methyl sites for hydroxylation is 1. The van der Waals surface area contributed by atoms with Gasteiger partial charge in [-0.25, -0.2) is 0 Å². The van der Waals surface area contributed by atoms with Crippen molar-refractivity contribution in [3.63, 3.8) is 0 Å². The van der Waals surface area contributed by atoms with Gasteiger partial charge >= 0.3 is 0 Å². The number of anilines is 1. The van der Waals surface area contributed by atoms with Crippen molar-refractivity contribution in [2.24, 2.45) is 5.92 Å². The zero-order valence-electron chi connectivity index (χ0n) is 19.3. The molecule has 0 aliphatic heterocycles. The van der Waals surface area contributed by atoms with Crippen molar-refractivity contribution in [3.8, 4) is 0 Å². The number of amides is 1. The fourth-order valence-electron chi connectivity index (χ4n) is 4.75. The van der Waals surface area contributed by atoms with Crippen LogP contribution in [0.1, 0.15) is 41.8 Å². The van der Waals surface area contributed by atoms with Crippen molar-refractivity contribution in [3.05, 3.63) is 81.6 Å². The molecule has 1 aliphatic rings. The van der Waals surface area contributed by atoms with Crippen molar-refractivity contribution in [1.29, 1.82) is 0 Å². The Balaban J connectivity index is 1.54. The molecular weight excluding hydrogens is 478 g/mol. The Labute approximate surface area is 203 Å². The number of para-hydroxylation sites is 1. The van der Waals surface area contributed by atoms with Crippen LogP contribution in [0.2, 0.25) is 0 Å². The highest BCUT2D eigenvalue weighted by atomic mass is 79.9. The lowest BCUT2D eigenvalue weighted by Gasteiger charge is -2.24. The number of hydrogen-bond donors (Lipinski definition) is 0. The number of Topliss-reactive ketones (excluding diaryl/α,β-unsaturated/α-hetero) is 1. The molecule has 0 N–H and O–H groups in total. The van der Waals surface area contributed by atoms with Gasteiger partial charge in [-0.3, -0.25) is 14.3 Å². The summed E-state index contributed by atoms with van der Waals surface area (Å²) in [6, 6.07) is 17.5. The SMILES string of the molecule is Cc1nn(CC(=O)C[C@@H](Cc2cccc(Br)c2)C(=O)N(C)c2ccccc2)c2c1CCCC2. The van der Waals surface area contributed by atoms with Crippen LogP contribution in [0.5, 0.6) is 0 Å². The Bertz CT molecular complexity index is 1140. The third-order valence-electron chi connectivity index (χ3n) is 6.45. The number of nitrogens with zero attached hydrogens (tertiary/aromatic N) is 3. The Kier molecular flexibility index (Phi) is 7.43. The zero-order chi connectivity index (χ0) is 23.4. The largest absolute Gasteiger partial charge is 0.315 e. The minimum Gasteiger partial charge on any atom is -0.315 e. The lowest BCUT2D eigenvalue weighted by Crippen LogP contribution is -2.35. The van der Waals surface area contributed by atoms with Crippen molar-refractivity contribution < 1.29 is 9.59 Å². The maximum absolute atomic E-state index is 13.5. The number of fused-ring (bicyclic) bond motifs is 1. The number of carbonyl (C=O) groups is 2. The number of benzene rings is 2. The minimum atomic E-state index is -0.440. The van der Waals surface area contributed by atoms with E-state index in [2.05, 4.69) is 21.0 Å². The van der Waals surface area contributed by atoms with E-state index in [-0.39, 0.29) is 24.7 Å². The number of aromatic nitrogens is 2. The number of hydrogen-bond acceptors (Lipinski definition) is 3. The van der Waals surface area contributed by atoms with Gasteiger partial charge < -0.3 is 4.90 Å². The molecule has 0 saturated carbocycles. The fraction of sp³-hybridized carbons (Fsp3) is 0.370. The van der Waals surface area contributed by atoms with Crippen LogP contribution in [0.25, 0.3) is 0 Å². The van der Waals surface area contributed by atoms with Crippen LogP contribution < -0.4 is 4.90 Å². The van der Waals surface area contributed by atoms with E-state index in [1.54, 1.807) is 11.9 Å². The summed E-state index contributed by atoms with van der Waals surface area (Å²) in [6.07, 6.45) is 5.04. The average Bonchev–Trinajstić information content (AvgIpc) is 3.13. The summed E-state index contributed by atoms with van der Waals surface area (Å²) in [6.45, 7) is 2.26. The molecule has 0 spiro atoms. The van der Waals surface area contributed by atoms with Gasteiger partial charge in [-0.1, -0.05) is 46.3 Å². The van der Waals surface area contributed by atoms with E-state index in [9.17, 15) is 9.59 Å². The third-order valence-corrected chi connectivity index (χ3v) is 6.95. The second-order valence-corrected chi connectivity index (χ2v) is 9.80. The smallest absolute Gasteiger partial charge is 0.230 e. The normalized spacial score (nSPS) is 13.9. The van der Waals surface area contributed by atoms with E-state index < -0.39 is 5.92 Å². The van der Waals surface area contributed by atoms with Crippen molar-refractivity contribution in [2.75, 3.05) is 11.9 Å². The predicted octanol–water partition coefficient (Wildman–Crippen LogP) is 5.31. The summed E-state index contributed by atoms with van der Waals surface area (Å²) in [5.74, 6) is -0.446. The molecule has 0 unspecified atom stereocenters. The van der Waals surface area contributed by atoms with Gasteiger partial charge in [-0.2, -0.15) is 5.10 Å². The molecule has 1 amide bonds. The Hall–Kier alpha value is -2.73. The maximum Gasteiger partial charge on any atom is 0.230 e. The van der Waals surface area contributed by atoms with Gasteiger partial charge in [-0.15, -0.1) is 0 Å². The number of rotatable bonds is 8.